The Morgan fingerprint density at radius 1 is 1.38 bits per heavy atom. The average molecular weight is 232 g/mol. The van der Waals surface area contributed by atoms with Gasteiger partial charge in [-0.3, -0.25) is 0 Å². The molecule has 0 spiro atoms. The quantitative estimate of drug-likeness (QED) is 0.857. The van der Waals surface area contributed by atoms with E-state index in [1.165, 1.54) is 28.5 Å². The molecule has 1 atom stereocenters. The molecule has 0 bridgehead atoms. The lowest BCUT2D eigenvalue weighted by Gasteiger charge is -2.17. The Bertz CT molecular complexity index is 508. The second-order valence-corrected chi connectivity index (χ2v) is 5.88. The maximum absolute atomic E-state index is 9.82. The van der Waals surface area contributed by atoms with Gasteiger partial charge in [0.1, 0.15) is 0 Å². The summed E-state index contributed by atoms with van der Waals surface area (Å²) < 4.78 is 1.36. The van der Waals surface area contributed by atoms with Crippen molar-refractivity contribution in [2.45, 2.75) is 32.3 Å². The van der Waals surface area contributed by atoms with E-state index in [-0.39, 0.29) is 11.5 Å². The van der Waals surface area contributed by atoms with Gasteiger partial charge in [0.05, 0.1) is 6.10 Å². The highest BCUT2D eigenvalue weighted by atomic mass is 32.1. The number of benzene rings is 1. The first-order valence-corrected chi connectivity index (χ1v) is 6.72. The third kappa shape index (κ3) is 1.57. The number of thiophene rings is 1. The predicted molar refractivity (Wildman–Crippen MR) is 68.9 cm³/mol. The second kappa shape index (κ2) is 3.57. The molecule has 2 heteroatoms. The van der Waals surface area contributed by atoms with Gasteiger partial charge >= 0.3 is 0 Å². The Morgan fingerprint density at radius 2 is 2.12 bits per heavy atom. The predicted octanol–water partition coefficient (Wildman–Crippen LogP) is 3.60. The van der Waals surface area contributed by atoms with Crippen LogP contribution in [0.25, 0.3) is 10.1 Å². The van der Waals surface area contributed by atoms with Crippen LogP contribution in [0.15, 0.2) is 29.6 Å². The van der Waals surface area contributed by atoms with Gasteiger partial charge in [0.25, 0.3) is 0 Å². The maximum Gasteiger partial charge on any atom is 0.0571 e. The highest BCUT2D eigenvalue weighted by Crippen LogP contribution is 2.52. The molecule has 2 aromatic rings. The third-order valence-electron chi connectivity index (χ3n) is 3.88. The summed E-state index contributed by atoms with van der Waals surface area (Å²) >= 11 is 1.81. The number of aliphatic hydroxyl groups excluding tert-OH is 1. The Balaban J connectivity index is 1.95. The SMILES string of the molecule is CC(O)C1(Cc2csc3ccccc23)CC1. The lowest BCUT2D eigenvalue weighted by molar-refractivity contribution is 0.111. The van der Waals surface area contributed by atoms with Crippen LogP contribution in [0.4, 0.5) is 0 Å². The fourth-order valence-corrected chi connectivity index (χ4v) is 3.41. The summed E-state index contributed by atoms with van der Waals surface area (Å²) in [6, 6.07) is 8.55. The second-order valence-electron chi connectivity index (χ2n) is 4.97. The molecule has 0 amide bonds. The lowest BCUT2D eigenvalue weighted by Crippen LogP contribution is -2.20. The van der Waals surface area contributed by atoms with Crippen molar-refractivity contribution in [3.8, 4) is 0 Å². The molecular weight excluding hydrogens is 216 g/mol. The largest absolute Gasteiger partial charge is 0.393 e. The Hall–Kier alpha value is -0.860. The average Bonchev–Trinajstić information content (AvgIpc) is 2.96. The number of fused-ring (bicyclic) bond motifs is 1. The van der Waals surface area contributed by atoms with Gasteiger partial charge in [-0.1, -0.05) is 18.2 Å². The fourth-order valence-electron chi connectivity index (χ4n) is 2.45. The van der Waals surface area contributed by atoms with Crippen molar-refractivity contribution >= 4 is 21.4 Å². The van der Waals surface area contributed by atoms with Crippen LogP contribution in [0.3, 0.4) is 0 Å². The first-order valence-electron chi connectivity index (χ1n) is 5.84. The molecule has 1 N–H and O–H groups in total. The van der Waals surface area contributed by atoms with Crippen LogP contribution in [0.2, 0.25) is 0 Å². The third-order valence-corrected chi connectivity index (χ3v) is 4.89. The fraction of sp³-hybridized carbons (Fsp3) is 0.429. The van der Waals surface area contributed by atoms with Gasteiger partial charge in [-0.15, -0.1) is 11.3 Å². The van der Waals surface area contributed by atoms with Crippen LogP contribution in [0, 0.1) is 5.41 Å². The molecule has 0 radical (unpaired) electrons. The highest BCUT2D eigenvalue weighted by molar-refractivity contribution is 7.17. The van der Waals surface area contributed by atoms with Crippen molar-refractivity contribution < 1.29 is 5.11 Å². The molecule has 1 unspecified atom stereocenters. The molecule has 0 saturated heterocycles. The van der Waals surface area contributed by atoms with Crippen molar-refractivity contribution in [1.29, 1.82) is 0 Å². The first kappa shape index (κ1) is 10.3. The zero-order chi connectivity index (χ0) is 11.2. The molecule has 1 saturated carbocycles. The van der Waals surface area contributed by atoms with Gasteiger partial charge in [0.15, 0.2) is 0 Å². The van der Waals surface area contributed by atoms with Crippen LogP contribution in [0.5, 0.6) is 0 Å². The van der Waals surface area contributed by atoms with E-state index in [4.69, 9.17) is 0 Å². The summed E-state index contributed by atoms with van der Waals surface area (Å²) in [6.07, 6.45) is 3.21. The maximum atomic E-state index is 9.82. The standard InChI is InChI=1S/C14H16OS/c1-10(15)14(6-7-14)8-11-9-16-13-5-3-2-4-12(11)13/h2-5,9-10,15H,6-8H2,1H3. The molecule has 0 aliphatic heterocycles. The Morgan fingerprint density at radius 3 is 2.81 bits per heavy atom. The number of aliphatic hydroxyl groups is 1. The molecule has 1 nitrogen and oxygen atoms in total. The van der Waals surface area contributed by atoms with Crippen LogP contribution in [-0.2, 0) is 6.42 Å². The summed E-state index contributed by atoms with van der Waals surface area (Å²) in [6.45, 7) is 1.93. The molecule has 84 valence electrons. The summed E-state index contributed by atoms with van der Waals surface area (Å²) in [7, 11) is 0. The summed E-state index contributed by atoms with van der Waals surface area (Å²) in [5, 5.41) is 13.4. The van der Waals surface area contributed by atoms with Gasteiger partial charge in [-0.05, 0) is 48.6 Å². The lowest BCUT2D eigenvalue weighted by atomic mass is 9.91. The Kier molecular flexibility index (Phi) is 2.30. The Labute approximate surface area is 99.7 Å². The van der Waals surface area contributed by atoms with Crippen molar-refractivity contribution in [2.75, 3.05) is 0 Å². The minimum absolute atomic E-state index is 0.175. The van der Waals surface area contributed by atoms with Crippen LogP contribution in [0.1, 0.15) is 25.3 Å². The monoisotopic (exact) mass is 232 g/mol. The topological polar surface area (TPSA) is 20.2 Å². The van der Waals surface area contributed by atoms with E-state index < -0.39 is 0 Å². The van der Waals surface area contributed by atoms with Gasteiger partial charge in [0, 0.05) is 10.1 Å². The molecule has 1 fully saturated rings. The smallest absolute Gasteiger partial charge is 0.0571 e. The zero-order valence-corrected chi connectivity index (χ0v) is 10.3. The van der Waals surface area contributed by atoms with E-state index in [0.717, 1.165) is 6.42 Å². The van der Waals surface area contributed by atoms with Gasteiger partial charge in [-0.25, -0.2) is 0 Å². The van der Waals surface area contributed by atoms with Crippen LogP contribution in [-0.4, -0.2) is 11.2 Å². The number of rotatable bonds is 3. The van der Waals surface area contributed by atoms with E-state index in [9.17, 15) is 5.11 Å². The van der Waals surface area contributed by atoms with Gasteiger partial charge in [0.2, 0.25) is 0 Å². The summed E-state index contributed by atoms with van der Waals surface area (Å²) in [5.41, 5.74) is 1.60. The van der Waals surface area contributed by atoms with Crippen molar-refractivity contribution in [3.63, 3.8) is 0 Å². The molecule has 1 aliphatic rings. The molecule has 3 rings (SSSR count). The minimum atomic E-state index is -0.175. The zero-order valence-electron chi connectivity index (χ0n) is 9.44. The van der Waals surface area contributed by atoms with Crippen molar-refractivity contribution in [2.24, 2.45) is 5.41 Å². The van der Waals surface area contributed by atoms with E-state index in [0.29, 0.717) is 0 Å². The van der Waals surface area contributed by atoms with E-state index in [1.807, 2.05) is 18.3 Å². The van der Waals surface area contributed by atoms with Crippen molar-refractivity contribution in [3.05, 3.63) is 35.2 Å². The van der Waals surface area contributed by atoms with Gasteiger partial charge in [-0.2, -0.15) is 0 Å². The summed E-state index contributed by atoms with van der Waals surface area (Å²) in [4.78, 5) is 0. The van der Waals surface area contributed by atoms with Gasteiger partial charge < -0.3 is 5.11 Å². The minimum Gasteiger partial charge on any atom is -0.393 e. The molecule has 1 aromatic carbocycles. The highest BCUT2D eigenvalue weighted by Gasteiger charge is 2.46. The van der Waals surface area contributed by atoms with E-state index >= 15 is 0 Å². The molecule has 1 heterocycles. The normalized spacial score (nSPS) is 19.9. The van der Waals surface area contributed by atoms with Crippen molar-refractivity contribution in [1.82, 2.24) is 0 Å². The molecular formula is C14H16OS. The van der Waals surface area contributed by atoms with Crippen LogP contribution >= 0.6 is 11.3 Å². The molecule has 1 aliphatic carbocycles. The van der Waals surface area contributed by atoms with E-state index in [1.54, 1.807) is 0 Å². The number of hydrogen-bond donors (Lipinski definition) is 1. The molecule has 16 heavy (non-hydrogen) atoms. The van der Waals surface area contributed by atoms with E-state index in [2.05, 4.69) is 29.6 Å². The van der Waals surface area contributed by atoms with Crippen LogP contribution < -0.4 is 0 Å². The first-order chi connectivity index (χ1) is 7.71. The summed E-state index contributed by atoms with van der Waals surface area (Å²) in [5.74, 6) is 0. The number of hydrogen-bond acceptors (Lipinski definition) is 2. The molecule has 1 aromatic heterocycles.